The van der Waals surface area contributed by atoms with Crippen LogP contribution in [0.1, 0.15) is 5.56 Å². The molecule has 0 spiro atoms. The normalized spacial score (nSPS) is 10.7. The van der Waals surface area contributed by atoms with Crippen molar-refractivity contribution in [3.8, 4) is 0 Å². The van der Waals surface area contributed by atoms with Crippen LogP contribution in [0.5, 0.6) is 0 Å². The molecule has 0 amide bonds. The zero-order valence-corrected chi connectivity index (χ0v) is 13.4. The van der Waals surface area contributed by atoms with Gasteiger partial charge in [0, 0.05) is 13.6 Å². The number of aromatic nitrogens is 1. The van der Waals surface area contributed by atoms with Gasteiger partial charge in [-0.15, -0.1) is 11.3 Å². The highest BCUT2D eigenvalue weighted by Gasteiger charge is 2.12. The van der Waals surface area contributed by atoms with Crippen LogP contribution in [0.2, 0.25) is 10.0 Å². The van der Waals surface area contributed by atoms with Gasteiger partial charge in [0.15, 0.2) is 0 Å². The van der Waals surface area contributed by atoms with Crippen molar-refractivity contribution in [3.05, 3.63) is 36.9 Å². The summed E-state index contributed by atoms with van der Waals surface area (Å²) in [6.45, 7) is 0.704. The molecular formula is C11H10BrCl2N3S. The van der Waals surface area contributed by atoms with Crippen molar-refractivity contribution < 1.29 is 0 Å². The molecule has 0 saturated heterocycles. The van der Waals surface area contributed by atoms with Gasteiger partial charge in [0.1, 0.15) is 11.6 Å². The summed E-state index contributed by atoms with van der Waals surface area (Å²) in [6.07, 6.45) is 0. The summed E-state index contributed by atoms with van der Waals surface area (Å²) in [4.78, 5) is 6.14. The molecule has 2 heterocycles. The molecule has 0 radical (unpaired) electrons. The molecule has 0 bridgehead atoms. The number of nitrogen functional groups attached to an aromatic ring is 1. The van der Waals surface area contributed by atoms with Gasteiger partial charge in [0.25, 0.3) is 0 Å². The number of halogens is 3. The van der Waals surface area contributed by atoms with E-state index in [1.807, 2.05) is 11.9 Å². The second-order valence-electron chi connectivity index (χ2n) is 3.78. The predicted molar refractivity (Wildman–Crippen MR) is 82.8 cm³/mol. The monoisotopic (exact) mass is 365 g/mol. The molecule has 2 aromatic rings. The number of hydrogen-bond acceptors (Lipinski definition) is 4. The van der Waals surface area contributed by atoms with Crippen LogP contribution in [0.3, 0.4) is 0 Å². The van der Waals surface area contributed by atoms with E-state index in [1.54, 1.807) is 17.4 Å². The lowest BCUT2D eigenvalue weighted by molar-refractivity contribution is 0.903. The molecule has 0 unspecified atom stereocenters. The third-order valence-corrected chi connectivity index (χ3v) is 4.48. The van der Waals surface area contributed by atoms with E-state index in [4.69, 9.17) is 28.9 Å². The fourth-order valence-electron chi connectivity index (χ4n) is 1.52. The van der Waals surface area contributed by atoms with Crippen LogP contribution in [-0.4, -0.2) is 12.0 Å². The van der Waals surface area contributed by atoms with E-state index in [-0.39, 0.29) is 5.82 Å². The van der Waals surface area contributed by atoms with Crippen molar-refractivity contribution in [1.82, 2.24) is 4.98 Å². The number of pyridine rings is 1. The van der Waals surface area contributed by atoms with Gasteiger partial charge in [-0.3, -0.25) is 0 Å². The third kappa shape index (κ3) is 3.09. The first-order chi connectivity index (χ1) is 8.47. The van der Waals surface area contributed by atoms with E-state index < -0.39 is 0 Å². The fraction of sp³-hybridized carbons (Fsp3) is 0.182. The first-order valence-corrected chi connectivity index (χ1v) is 7.46. The molecular weight excluding hydrogens is 357 g/mol. The summed E-state index contributed by atoms with van der Waals surface area (Å²) in [7, 11) is 1.91. The number of rotatable bonds is 3. The maximum atomic E-state index is 6.12. The molecule has 0 aliphatic heterocycles. The van der Waals surface area contributed by atoms with E-state index >= 15 is 0 Å². The Balaban J connectivity index is 2.23. The molecule has 0 aromatic carbocycles. The summed E-state index contributed by atoms with van der Waals surface area (Å²) in [5.74, 6) is 0.912. The molecule has 2 N–H and O–H groups in total. The van der Waals surface area contributed by atoms with E-state index in [0.717, 1.165) is 3.79 Å². The van der Waals surface area contributed by atoms with Crippen molar-refractivity contribution in [2.24, 2.45) is 0 Å². The van der Waals surface area contributed by atoms with Crippen molar-refractivity contribution in [2.75, 3.05) is 17.7 Å². The van der Waals surface area contributed by atoms with Gasteiger partial charge >= 0.3 is 0 Å². The van der Waals surface area contributed by atoms with Gasteiger partial charge in [-0.05, 0) is 39.0 Å². The van der Waals surface area contributed by atoms with Gasteiger partial charge in [-0.25, -0.2) is 4.98 Å². The fourth-order valence-corrected chi connectivity index (χ4v) is 3.22. The Morgan fingerprint density at radius 3 is 2.72 bits per heavy atom. The Hall–Kier alpha value is -0.490. The minimum absolute atomic E-state index is 0.286. The Labute approximate surface area is 128 Å². The first-order valence-electron chi connectivity index (χ1n) is 5.03. The van der Waals surface area contributed by atoms with Crippen LogP contribution in [0.15, 0.2) is 21.3 Å². The zero-order valence-electron chi connectivity index (χ0n) is 9.45. The molecule has 0 aliphatic rings. The highest BCUT2D eigenvalue weighted by atomic mass is 79.9. The summed E-state index contributed by atoms with van der Waals surface area (Å²) in [6, 6.07) is 3.68. The van der Waals surface area contributed by atoms with Gasteiger partial charge in [-0.2, -0.15) is 0 Å². The van der Waals surface area contributed by atoms with Gasteiger partial charge in [-0.1, -0.05) is 23.2 Å². The van der Waals surface area contributed by atoms with Crippen LogP contribution in [0.25, 0.3) is 0 Å². The Bertz CT molecular complexity index is 573. The predicted octanol–water partition coefficient (Wildman–Crippen LogP) is 4.43. The van der Waals surface area contributed by atoms with Crippen LogP contribution in [-0.2, 0) is 6.54 Å². The van der Waals surface area contributed by atoms with Gasteiger partial charge < -0.3 is 10.6 Å². The SMILES string of the molecule is CN(Cc1csc(Br)c1)c1nc(N)c(Cl)cc1Cl. The summed E-state index contributed by atoms with van der Waals surface area (Å²) in [5, 5.41) is 2.94. The van der Waals surface area contributed by atoms with Crippen molar-refractivity contribution in [1.29, 1.82) is 0 Å². The molecule has 7 heteroatoms. The van der Waals surface area contributed by atoms with E-state index in [0.29, 0.717) is 22.4 Å². The second kappa shape index (κ2) is 5.65. The Morgan fingerprint density at radius 2 is 2.11 bits per heavy atom. The lowest BCUT2D eigenvalue weighted by Gasteiger charge is -2.19. The van der Waals surface area contributed by atoms with Crippen LogP contribution >= 0.6 is 50.5 Å². The quantitative estimate of drug-likeness (QED) is 0.873. The lowest BCUT2D eigenvalue weighted by Crippen LogP contribution is -2.18. The Morgan fingerprint density at radius 1 is 1.39 bits per heavy atom. The smallest absolute Gasteiger partial charge is 0.149 e. The van der Waals surface area contributed by atoms with Crippen LogP contribution in [0.4, 0.5) is 11.6 Å². The zero-order chi connectivity index (χ0) is 13.3. The summed E-state index contributed by atoms with van der Waals surface area (Å²) in [5.41, 5.74) is 6.87. The van der Waals surface area contributed by atoms with Crippen molar-refractivity contribution >= 4 is 62.1 Å². The molecule has 0 aliphatic carbocycles. The van der Waals surface area contributed by atoms with Crippen molar-refractivity contribution in [2.45, 2.75) is 6.54 Å². The van der Waals surface area contributed by atoms with Crippen LogP contribution < -0.4 is 10.6 Å². The lowest BCUT2D eigenvalue weighted by atomic mass is 10.3. The molecule has 3 nitrogen and oxygen atoms in total. The molecule has 2 aromatic heterocycles. The molecule has 0 fully saturated rings. The summed E-state index contributed by atoms with van der Waals surface area (Å²) >= 11 is 17.1. The van der Waals surface area contributed by atoms with E-state index in [1.165, 1.54) is 5.56 Å². The third-order valence-electron chi connectivity index (χ3n) is 2.34. The largest absolute Gasteiger partial charge is 0.382 e. The van der Waals surface area contributed by atoms with Gasteiger partial charge in [0.2, 0.25) is 0 Å². The van der Waals surface area contributed by atoms with Crippen LogP contribution in [0, 0.1) is 0 Å². The minimum atomic E-state index is 0.286. The first kappa shape index (κ1) is 13.9. The molecule has 96 valence electrons. The highest BCUT2D eigenvalue weighted by Crippen LogP contribution is 2.30. The standard InChI is InChI=1S/C11H10BrCl2N3S/c1-17(4-6-2-9(12)18-5-6)11-8(14)3-7(13)10(15)16-11/h2-3,5H,4H2,1H3,(H2,15,16). The number of nitrogens with zero attached hydrogens (tertiary/aromatic N) is 2. The maximum Gasteiger partial charge on any atom is 0.149 e. The number of thiophene rings is 1. The maximum absolute atomic E-state index is 6.12. The molecule has 2 rings (SSSR count). The second-order valence-corrected chi connectivity index (χ2v) is 6.88. The number of hydrogen-bond donors (Lipinski definition) is 1. The highest BCUT2D eigenvalue weighted by molar-refractivity contribution is 9.11. The Kier molecular flexibility index (Phi) is 4.37. The topological polar surface area (TPSA) is 42.2 Å². The minimum Gasteiger partial charge on any atom is -0.382 e. The average molecular weight is 367 g/mol. The van der Waals surface area contributed by atoms with Crippen molar-refractivity contribution in [3.63, 3.8) is 0 Å². The molecule has 0 saturated carbocycles. The number of anilines is 2. The van der Waals surface area contributed by atoms with E-state index in [2.05, 4.69) is 32.4 Å². The van der Waals surface area contributed by atoms with Gasteiger partial charge in [0.05, 0.1) is 13.8 Å². The summed E-state index contributed by atoms with van der Waals surface area (Å²) < 4.78 is 1.10. The van der Waals surface area contributed by atoms with E-state index in [9.17, 15) is 0 Å². The molecule has 0 atom stereocenters. The average Bonchev–Trinajstić information content (AvgIpc) is 2.69. The number of nitrogens with two attached hydrogens (primary N) is 1. The molecule has 18 heavy (non-hydrogen) atoms.